The van der Waals surface area contributed by atoms with Gasteiger partial charge in [-0.25, -0.2) is 0 Å². The molecule has 0 atom stereocenters. The fraction of sp³-hybridized carbons (Fsp3) is 0.659. The van der Waals surface area contributed by atoms with Crippen LogP contribution in [0.15, 0.2) is 24.3 Å². The van der Waals surface area contributed by atoms with Crippen LogP contribution in [0.25, 0.3) is 0 Å². The third-order valence-electron chi connectivity index (χ3n) is 8.97. The Kier molecular flexibility index (Phi) is 16.9. The molecule has 0 heterocycles. The number of esters is 1. The van der Waals surface area contributed by atoms with Gasteiger partial charge in [-0.2, -0.15) is 0 Å². The van der Waals surface area contributed by atoms with Crippen molar-refractivity contribution in [2.75, 3.05) is 35.0 Å². The van der Waals surface area contributed by atoms with E-state index in [9.17, 15) is 19.8 Å². The highest BCUT2D eigenvalue weighted by Gasteiger charge is 2.37. The lowest BCUT2D eigenvalue weighted by Crippen LogP contribution is -2.43. The second-order valence-corrected chi connectivity index (χ2v) is 20.5. The Morgan fingerprint density at radius 1 is 0.608 bits per heavy atom. The van der Waals surface area contributed by atoms with Gasteiger partial charge in [0.1, 0.15) is 11.5 Å². The number of ether oxygens (including phenoxy) is 1. The van der Waals surface area contributed by atoms with E-state index in [1.807, 2.05) is 24.3 Å². The Labute approximate surface area is 310 Å². The minimum Gasteiger partial charge on any atom is -0.507 e. The zero-order valence-electron chi connectivity index (χ0n) is 34.6. The summed E-state index contributed by atoms with van der Waals surface area (Å²) in [5.74, 6) is 0.539. The highest BCUT2D eigenvalue weighted by Crippen LogP contribution is 2.41. The maximum absolute atomic E-state index is 12.3. The van der Waals surface area contributed by atoms with Crippen molar-refractivity contribution in [1.29, 1.82) is 0 Å². The largest absolute Gasteiger partial charge is 0.507 e. The molecule has 51 heavy (non-hydrogen) atoms. The first kappa shape index (κ1) is 46.1. The Morgan fingerprint density at radius 2 is 0.941 bits per heavy atom. The van der Waals surface area contributed by atoms with E-state index in [1.54, 1.807) is 21.3 Å². The van der Waals surface area contributed by atoms with Crippen molar-refractivity contribution in [3.05, 3.63) is 57.6 Å². The number of hydrogen-bond donors (Lipinski definition) is 3. The first-order valence-corrected chi connectivity index (χ1v) is 19.9. The molecule has 0 aliphatic heterocycles. The number of amides is 1. The number of benzene rings is 2. The van der Waals surface area contributed by atoms with Gasteiger partial charge in [0.2, 0.25) is 5.91 Å². The van der Waals surface area contributed by atoms with E-state index in [4.69, 9.17) is 18.0 Å². The number of phenols is 2. The fourth-order valence-electron chi connectivity index (χ4n) is 5.75. The van der Waals surface area contributed by atoms with E-state index in [-0.39, 0.29) is 33.5 Å². The summed E-state index contributed by atoms with van der Waals surface area (Å²) in [5.41, 5.74) is 5.18. The Bertz CT molecular complexity index is 1360. The number of rotatable bonds is 13. The molecule has 2 aromatic rings. The molecule has 2 aromatic carbocycles. The number of methoxy groups -OCH3 is 1. The third kappa shape index (κ3) is 14.2. The molecule has 10 heteroatoms. The lowest BCUT2D eigenvalue weighted by atomic mass is 9.78. The van der Waals surface area contributed by atoms with Crippen molar-refractivity contribution < 1.29 is 37.8 Å². The molecule has 0 bridgehead atoms. The van der Waals surface area contributed by atoms with Gasteiger partial charge >= 0.3 is 14.8 Å². The fourth-order valence-corrected chi connectivity index (χ4v) is 7.47. The zero-order chi connectivity index (χ0) is 39.6. The molecule has 0 saturated carbocycles. The average Bonchev–Trinajstić information content (AvgIpc) is 3.02. The van der Waals surface area contributed by atoms with Crippen LogP contribution in [-0.4, -0.2) is 65.9 Å². The van der Waals surface area contributed by atoms with Crippen LogP contribution in [-0.2, 0) is 62.1 Å². The lowest BCUT2D eigenvalue weighted by molar-refractivity contribution is -0.140. The molecular weight excluding hydrogens is 663 g/mol. The van der Waals surface area contributed by atoms with Gasteiger partial charge < -0.3 is 33.5 Å². The molecule has 290 valence electrons. The van der Waals surface area contributed by atoms with Crippen LogP contribution in [0.4, 0.5) is 0 Å². The quantitative estimate of drug-likeness (QED) is 0.107. The molecule has 9 nitrogen and oxygen atoms in total. The number of carbonyl (C=O) groups is 2. The van der Waals surface area contributed by atoms with Gasteiger partial charge in [-0.3, -0.25) is 9.59 Å². The Hall–Kier alpha value is -2.92. The summed E-state index contributed by atoms with van der Waals surface area (Å²) in [7, 11) is 3.58. The van der Waals surface area contributed by atoms with Crippen molar-refractivity contribution in [3.63, 3.8) is 0 Å². The minimum atomic E-state index is -2.59. The second kappa shape index (κ2) is 18.7. The molecule has 0 saturated heterocycles. The van der Waals surface area contributed by atoms with Crippen LogP contribution in [0.2, 0.25) is 6.04 Å². The van der Waals surface area contributed by atoms with Crippen molar-refractivity contribution in [2.24, 2.45) is 0 Å². The molecule has 1 amide bonds. The van der Waals surface area contributed by atoms with Gasteiger partial charge in [-0.1, -0.05) is 107 Å². The summed E-state index contributed by atoms with van der Waals surface area (Å²) < 4.78 is 20.9. The van der Waals surface area contributed by atoms with E-state index in [2.05, 4.69) is 88.4 Å². The minimum absolute atomic E-state index is 0.0113. The molecule has 3 N–H and O–H groups in total. The Morgan fingerprint density at radius 3 is 1.24 bits per heavy atom. The highest BCUT2D eigenvalue weighted by atomic mass is 28.4. The maximum Gasteiger partial charge on any atom is 0.500 e. The average molecular weight is 732 g/mol. The normalized spacial score (nSPS) is 12.6. The van der Waals surface area contributed by atoms with Crippen LogP contribution in [0.5, 0.6) is 11.5 Å². The van der Waals surface area contributed by atoms with Crippen LogP contribution in [0.1, 0.15) is 136 Å². The van der Waals surface area contributed by atoms with Crippen molar-refractivity contribution in [2.45, 2.75) is 143 Å². The molecule has 0 aliphatic rings. The SMILES string of the molecule is COC(=O)CCc1cc(C(C)(C)C)c(O)c(C(C)(C)C)c1.CO[Si](CCCNC(=O)CCc1cc(C(C)(C)C)c(O)c(C(C)(C)C)c1)(OC)OC. The van der Waals surface area contributed by atoms with E-state index >= 15 is 0 Å². The van der Waals surface area contributed by atoms with Gasteiger partial charge in [0.15, 0.2) is 0 Å². The summed E-state index contributed by atoms with van der Waals surface area (Å²) in [4.78, 5) is 23.7. The molecular formula is C41H69NO8Si. The lowest BCUT2D eigenvalue weighted by Gasteiger charge is -2.28. The number of aryl methyl sites for hydroxylation is 2. The molecule has 0 unspecified atom stereocenters. The summed E-state index contributed by atoms with van der Waals surface area (Å²) in [5, 5.41) is 24.4. The number of hydrogen-bond acceptors (Lipinski definition) is 8. The van der Waals surface area contributed by atoms with Crippen molar-refractivity contribution in [3.8, 4) is 11.5 Å². The van der Waals surface area contributed by atoms with E-state index in [0.29, 0.717) is 49.8 Å². The maximum atomic E-state index is 12.3. The van der Waals surface area contributed by atoms with Crippen LogP contribution in [0, 0.1) is 0 Å². The zero-order valence-corrected chi connectivity index (χ0v) is 35.6. The summed E-state index contributed by atoms with van der Waals surface area (Å²) >= 11 is 0. The number of phenolic OH excluding ortho intramolecular Hbond substituents is 2. The number of carbonyl (C=O) groups excluding carboxylic acids is 2. The van der Waals surface area contributed by atoms with Crippen LogP contribution >= 0.6 is 0 Å². The predicted octanol–water partition coefficient (Wildman–Crippen LogP) is 8.40. The van der Waals surface area contributed by atoms with E-state index in [0.717, 1.165) is 39.8 Å². The summed E-state index contributed by atoms with van der Waals surface area (Å²) in [6.07, 6.45) is 2.74. The molecule has 0 fully saturated rings. The first-order chi connectivity index (χ1) is 23.3. The number of nitrogens with one attached hydrogen (secondary N) is 1. The van der Waals surface area contributed by atoms with Crippen molar-refractivity contribution >= 4 is 20.7 Å². The topological polar surface area (TPSA) is 124 Å². The summed E-state index contributed by atoms with van der Waals surface area (Å²) in [6, 6.07) is 8.74. The third-order valence-corrected chi connectivity index (χ3v) is 11.8. The summed E-state index contributed by atoms with van der Waals surface area (Å²) in [6.45, 7) is 25.6. The Balaban J connectivity index is 0.000000543. The monoisotopic (exact) mass is 731 g/mol. The van der Waals surface area contributed by atoms with E-state index < -0.39 is 8.80 Å². The van der Waals surface area contributed by atoms with Crippen LogP contribution in [0.3, 0.4) is 0 Å². The van der Waals surface area contributed by atoms with E-state index in [1.165, 1.54) is 7.11 Å². The second-order valence-electron chi connectivity index (χ2n) is 17.4. The molecule has 0 spiro atoms. The standard InChI is InChI=1S/C23H41NO5Si.C18H28O3/c1-22(2,3)18-15-17(16-19(21(18)26)23(4,5)6)11-12-20(25)24-13-10-14-30(27-7,28-8)29-9;1-17(2,3)13-10-12(8-9-15(19)21-7)11-14(16(13)20)18(4,5)6/h15-16,26H,10-14H2,1-9H3,(H,24,25);10-11,20H,8-9H2,1-7H3. The number of aromatic hydroxyl groups is 2. The van der Waals surface area contributed by atoms with Gasteiger partial charge in [0.25, 0.3) is 0 Å². The van der Waals surface area contributed by atoms with Gasteiger partial charge in [-0.05, 0) is 74.3 Å². The van der Waals surface area contributed by atoms with Gasteiger partial charge in [0.05, 0.1) is 7.11 Å². The molecule has 0 aromatic heterocycles. The molecule has 0 radical (unpaired) electrons. The van der Waals surface area contributed by atoms with Crippen LogP contribution < -0.4 is 5.32 Å². The molecule has 0 aliphatic carbocycles. The van der Waals surface area contributed by atoms with Gasteiger partial charge in [-0.15, -0.1) is 0 Å². The predicted molar refractivity (Wildman–Crippen MR) is 209 cm³/mol. The highest BCUT2D eigenvalue weighted by molar-refractivity contribution is 6.60. The molecule has 2 rings (SSSR count). The smallest absolute Gasteiger partial charge is 0.500 e. The van der Waals surface area contributed by atoms with Gasteiger partial charge in [0, 0.05) is 46.8 Å². The first-order valence-electron chi connectivity index (χ1n) is 18.0. The van der Waals surface area contributed by atoms with Crippen molar-refractivity contribution in [1.82, 2.24) is 5.32 Å².